The summed E-state index contributed by atoms with van der Waals surface area (Å²) in [5.74, 6) is 0.756. The second-order valence-corrected chi connectivity index (χ2v) is 4.60. The first-order chi connectivity index (χ1) is 10.4. The molecule has 0 atom stereocenters. The van der Waals surface area contributed by atoms with Crippen LogP contribution in [0.25, 0.3) is 10.9 Å². The van der Waals surface area contributed by atoms with Gasteiger partial charge in [0.15, 0.2) is 0 Å². The van der Waals surface area contributed by atoms with Gasteiger partial charge in [-0.3, -0.25) is 4.98 Å². The second-order valence-electron chi connectivity index (χ2n) is 4.60. The number of pyridine rings is 1. The molecule has 5 heteroatoms. The minimum Gasteiger partial charge on any atom is -0.369 e. The zero-order valence-corrected chi connectivity index (χ0v) is 11.3. The number of anilines is 1. The molecule has 0 saturated carbocycles. The van der Waals surface area contributed by atoms with Gasteiger partial charge in [-0.05, 0) is 42.3 Å². The fourth-order valence-electron chi connectivity index (χ4n) is 2.14. The molecule has 2 aromatic heterocycles. The van der Waals surface area contributed by atoms with E-state index in [1.165, 1.54) is 11.9 Å². The number of nitrogens with zero attached hydrogens (tertiary/aromatic N) is 4. The van der Waals surface area contributed by atoms with E-state index in [0.717, 1.165) is 29.7 Å². The molecule has 1 N–H and O–H groups in total. The van der Waals surface area contributed by atoms with Gasteiger partial charge < -0.3 is 5.32 Å². The molecule has 0 radical (unpaired) electrons. The van der Waals surface area contributed by atoms with Crippen LogP contribution in [-0.2, 0) is 6.42 Å². The van der Waals surface area contributed by atoms with Crippen LogP contribution in [0.1, 0.15) is 11.1 Å². The van der Waals surface area contributed by atoms with Crippen molar-refractivity contribution >= 4 is 16.7 Å². The van der Waals surface area contributed by atoms with Gasteiger partial charge in [0, 0.05) is 24.3 Å². The lowest BCUT2D eigenvalue weighted by Crippen LogP contribution is -2.07. The summed E-state index contributed by atoms with van der Waals surface area (Å²) in [4.78, 5) is 12.5. The number of hydrogen-bond donors (Lipinski definition) is 1. The minimum absolute atomic E-state index is 0.606. The van der Waals surface area contributed by atoms with E-state index >= 15 is 0 Å². The van der Waals surface area contributed by atoms with Crippen LogP contribution in [0.2, 0.25) is 0 Å². The molecule has 3 aromatic rings. The highest BCUT2D eigenvalue weighted by molar-refractivity contribution is 5.89. The Kier molecular flexibility index (Phi) is 3.70. The molecule has 102 valence electrons. The van der Waals surface area contributed by atoms with E-state index in [2.05, 4.69) is 26.3 Å². The first-order valence-corrected chi connectivity index (χ1v) is 6.64. The molecule has 0 bridgehead atoms. The maximum Gasteiger partial charge on any atom is 0.137 e. The molecule has 0 saturated heterocycles. The van der Waals surface area contributed by atoms with E-state index < -0.39 is 0 Å². The van der Waals surface area contributed by atoms with Crippen LogP contribution in [-0.4, -0.2) is 21.5 Å². The number of benzene rings is 1. The highest BCUT2D eigenvalue weighted by atomic mass is 15.0. The lowest BCUT2D eigenvalue weighted by Gasteiger charge is -2.08. The zero-order chi connectivity index (χ0) is 14.5. The Balaban J connectivity index is 1.79. The van der Waals surface area contributed by atoms with E-state index in [-0.39, 0.29) is 0 Å². The summed E-state index contributed by atoms with van der Waals surface area (Å²) < 4.78 is 0. The molecule has 0 aliphatic carbocycles. The van der Waals surface area contributed by atoms with Crippen LogP contribution in [0, 0.1) is 11.3 Å². The summed E-state index contributed by atoms with van der Waals surface area (Å²) in [7, 11) is 0. The highest BCUT2D eigenvalue weighted by Gasteiger charge is 2.04. The maximum atomic E-state index is 9.00. The second kappa shape index (κ2) is 5.97. The normalized spacial score (nSPS) is 10.2. The molecule has 0 amide bonds. The summed E-state index contributed by atoms with van der Waals surface area (Å²) in [6.07, 6.45) is 5.98. The zero-order valence-electron chi connectivity index (χ0n) is 11.3. The predicted octanol–water partition coefficient (Wildman–Crippen LogP) is 2.55. The van der Waals surface area contributed by atoms with Gasteiger partial charge in [0.2, 0.25) is 0 Å². The molecule has 1 aromatic carbocycles. The van der Waals surface area contributed by atoms with Crippen molar-refractivity contribution in [1.29, 1.82) is 5.26 Å². The van der Waals surface area contributed by atoms with E-state index in [0.29, 0.717) is 5.56 Å². The lowest BCUT2D eigenvalue weighted by atomic mass is 10.1. The molecule has 0 aliphatic heterocycles. The average Bonchev–Trinajstić information content (AvgIpc) is 2.55. The monoisotopic (exact) mass is 275 g/mol. The standard InChI is InChI=1S/C16H13N5/c17-10-13-1-2-15-14(9-13)16(21-11-20-15)19-8-5-12-3-6-18-7-4-12/h1-4,6-7,9,11H,5,8H2,(H,19,20,21). The Morgan fingerprint density at radius 3 is 2.76 bits per heavy atom. The van der Waals surface area contributed by atoms with Crippen LogP contribution in [0.3, 0.4) is 0 Å². The third-order valence-electron chi connectivity index (χ3n) is 3.22. The van der Waals surface area contributed by atoms with E-state index in [1.54, 1.807) is 18.5 Å². The molecule has 5 nitrogen and oxygen atoms in total. The Bertz CT molecular complexity index is 793. The highest BCUT2D eigenvalue weighted by Crippen LogP contribution is 2.20. The number of aromatic nitrogens is 3. The van der Waals surface area contributed by atoms with Crippen LogP contribution in [0.4, 0.5) is 5.82 Å². The van der Waals surface area contributed by atoms with Crippen molar-refractivity contribution in [2.24, 2.45) is 0 Å². The van der Waals surface area contributed by atoms with E-state index in [1.807, 2.05) is 24.3 Å². The average molecular weight is 275 g/mol. The number of nitrogens with one attached hydrogen (secondary N) is 1. The molecule has 2 heterocycles. The van der Waals surface area contributed by atoms with Gasteiger partial charge >= 0.3 is 0 Å². The first-order valence-electron chi connectivity index (χ1n) is 6.64. The maximum absolute atomic E-state index is 9.00. The van der Waals surface area contributed by atoms with Crippen molar-refractivity contribution in [3.8, 4) is 6.07 Å². The molecule has 0 unspecified atom stereocenters. The summed E-state index contributed by atoms with van der Waals surface area (Å²) in [5.41, 5.74) is 2.65. The summed E-state index contributed by atoms with van der Waals surface area (Å²) in [6, 6.07) is 11.5. The van der Waals surface area contributed by atoms with Gasteiger partial charge in [-0.1, -0.05) is 0 Å². The van der Waals surface area contributed by atoms with Crippen LogP contribution in [0.15, 0.2) is 49.1 Å². The van der Waals surface area contributed by atoms with Crippen molar-refractivity contribution in [1.82, 2.24) is 15.0 Å². The van der Waals surface area contributed by atoms with Crippen molar-refractivity contribution in [2.45, 2.75) is 6.42 Å². The Labute approximate surface area is 122 Å². The van der Waals surface area contributed by atoms with Gasteiger partial charge in [-0.2, -0.15) is 5.26 Å². The molecule has 0 aliphatic rings. The van der Waals surface area contributed by atoms with Gasteiger partial charge in [-0.15, -0.1) is 0 Å². The van der Waals surface area contributed by atoms with E-state index in [9.17, 15) is 0 Å². The molecule has 3 rings (SSSR count). The van der Waals surface area contributed by atoms with Gasteiger partial charge in [-0.25, -0.2) is 9.97 Å². The van der Waals surface area contributed by atoms with Crippen LogP contribution in [0.5, 0.6) is 0 Å². The van der Waals surface area contributed by atoms with Gasteiger partial charge in [0.25, 0.3) is 0 Å². The summed E-state index contributed by atoms with van der Waals surface area (Å²) in [5, 5.41) is 13.2. The predicted molar refractivity (Wildman–Crippen MR) is 80.7 cm³/mol. The molecular formula is C16H13N5. The minimum atomic E-state index is 0.606. The third-order valence-corrected chi connectivity index (χ3v) is 3.22. The Morgan fingerprint density at radius 2 is 1.95 bits per heavy atom. The van der Waals surface area contributed by atoms with Crippen molar-refractivity contribution in [3.05, 3.63) is 60.2 Å². The van der Waals surface area contributed by atoms with Gasteiger partial charge in [0.05, 0.1) is 17.1 Å². The van der Waals surface area contributed by atoms with Crippen LogP contribution >= 0.6 is 0 Å². The number of fused-ring (bicyclic) bond motifs is 1. The molecule has 21 heavy (non-hydrogen) atoms. The number of rotatable bonds is 4. The number of nitriles is 1. The SMILES string of the molecule is N#Cc1ccc2ncnc(NCCc3ccncc3)c2c1. The number of hydrogen-bond acceptors (Lipinski definition) is 5. The first kappa shape index (κ1) is 13.0. The topological polar surface area (TPSA) is 74.5 Å². The molecule has 0 spiro atoms. The largest absolute Gasteiger partial charge is 0.369 e. The smallest absolute Gasteiger partial charge is 0.137 e. The quantitative estimate of drug-likeness (QED) is 0.792. The molecule has 0 fully saturated rings. The summed E-state index contributed by atoms with van der Waals surface area (Å²) in [6.45, 7) is 0.757. The Morgan fingerprint density at radius 1 is 1.10 bits per heavy atom. The fraction of sp³-hybridized carbons (Fsp3) is 0.125. The fourth-order valence-corrected chi connectivity index (χ4v) is 2.14. The van der Waals surface area contributed by atoms with Crippen molar-refractivity contribution < 1.29 is 0 Å². The van der Waals surface area contributed by atoms with Gasteiger partial charge in [0.1, 0.15) is 12.1 Å². The lowest BCUT2D eigenvalue weighted by molar-refractivity contribution is 1.000. The molecular weight excluding hydrogens is 262 g/mol. The van der Waals surface area contributed by atoms with Crippen LogP contribution < -0.4 is 5.32 Å². The Hall–Kier alpha value is -3.00. The van der Waals surface area contributed by atoms with Crippen molar-refractivity contribution in [2.75, 3.05) is 11.9 Å². The van der Waals surface area contributed by atoms with E-state index in [4.69, 9.17) is 5.26 Å². The summed E-state index contributed by atoms with van der Waals surface area (Å²) >= 11 is 0. The third kappa shape index (κ3) is 2.95. The van der Waals surface area contributed by atoms with Crippen molar-refractivity contribution in [3.63, 3.8) is 0 Å².